The Bertz CT molecular complexity index is 474. The van der Waals surface area contributed by atoms with E-state index in [1.165, 1.54) is 89.9 Å². The molecule has 2 atom stereocenters. The topological polar surface area (TPSA) is 43.4 Å². The van der Waals surface area contributed by atoms with E-state index in [0.717, 1.165) is 12.8 Å². The molecule has 0 aromatic carbocycles. The second kappa shape index (κ2) is 19.3. The van der Waals surface area contributed by atoms with E-state index in [1.807, 2.05) is 0 Å². The Morgan fingerprint density at radius 1 is 0.548 bits per heavy atom. The van der Waals surface area contributed by atoms with Crippen LogP contribution in [0.3, 0.4) is 0 Å². The fourth-order valence-corrected chi connectivity index (χ4v) is 4.26. The highest BCUT2D eigenvalue weighted by Crippen LogP contribution is 2.30. The van der Waals surface area contributed by atoms with Gasteiger partial charge in [0, 0.05) is 0 Å². The smallest absolute Gasteiger partial charge is 0.317 e. The van der Waals surface area contributed by atoms with E-state index < -0.39 is 0 Å². The average molecular weight is 433 g/mol. The molecule has 1 saturated heterocycles. The quantitative estimate of drug-likeness (QED) is 0.0838. The lowest BCUT2D eigenvalue weighted by atomic mass is 9.88. The maximum Gasteiger partial charge on any atom is 0.317 e. The largest absolute Gasteiger partial charge is 0.393 e. The number of cyclic esters (lactones) is 2. The highest BCUT2D eigenvalue weighted by Gasteiger charge is 2.42. The molecular formula is C28H48O3. The maximum absolute atomic E-state index is 12.1. The minimum Gasteiger partial charge on any atom is -0.393 e. The van der Waals surface area contributed by atoms with E-state index in [4.69, 9.17) is 4.74 Å². The zero-order valence-electron chi connectivity index (χ0n) is 20.4. The van der Waals surface area contributed by atoms with Gasteiger partial charge in [-0.3, -0.25) is 9.59 Å². The molecule has 0 aliphatic carbocycles. The molecule has 0 aromatic heterocycles. The van der Waals surface area contributed by atoms with E-state index in [0.29, 0.717) is 12.8 Å². The first-order valence-corrected chi connectivity index (χ1v) is 13.3. The first kappa shape index (κ1) is 27.7. The molecule has 3 nitrogen and oxygen atoms in total. The van der Waals surface area contributed by atoms with Crippen LogP contribution in [0.1, 0.15) is 129 Å². The summed E-state index contributed by atoms with van der Waals surface area (Å²) in [4.78, 5) is 24.1. The summed E-state index contributed by atoms with van der Waals surface area (Å²) in [6.45, 7) is 4.49. The minimum atomic E-state index is -0.337. The van der Waals surface area contributed by atoms with E-state index in [1.54, 1.807) is 0 Å². The van der Waals surface area contributed by atoms with Gasteiger partial charge in [0.25, 0.3) is 0 Å². The minimum absolute atomic E-state index is 0.305. The van der Waals surface area contributed by atoms with E-state index in [2.05, 4.69) is 38.2 Å². The number of rotatable bonds is 20. The summed E-state index contributed by atoms with van der Waals surface area (Å²) >= 11 is 0. The summed E-state index contributed by atoms with van der Waals surface area (Å²) in [5.74, 6) is -1.28. The highest BCUT2D eigenvalue weighted by molar-refractivity contribution is 5.96. The van der Waals surface area contributed by atoms with Crippen LogP contribution < -0.4 is 0 Å². The number of hydrogen-bond acceptors (Lipinski definition) is 3. The Labute approximate surface area is 192 Å². The molecule has 0 N–H and O–H groups in total. The van der Waals surface area contributed by atoms with Gasteiger partial charge in [-0.15, -0.1) is 0 Å². The third-order valence-corrected chi connectivity index (χ3v) is 6.35. The summed E-state index contributed by atoms with van der Waals surface area (Å²) in [5.41, 5.74) is 0. The van der Waals surface area contributed by atoms with Gasteiger partial charge in [-0.1, -0.05) is 115 Å². The van der Waals surface area contributed by atoms with Crippen LogP contribution in [0.5, 0.6) is 0 Å². The molecule has 3 heteroatoms. The van der Waals surface area contributed by atoms with Gasteiger partial charge >= 0.3 is 11.9 Å². The molecule has 0 aromatic rings. The number of ether oxygens (including phenoxy) is 1. The summed E-state index contributed by atoms with van der Waals surface area (Å²) in [5, 5.41) is 0. The fraction of sp³-hybridized carbons (Fsp3) is 0.786. The fourth-order valence-electron chi connectivity index (χ4n) is 4.26. The number of esters is 2. The molecule has 1 aliphatic rings. The van der Waals surface area contributed by atoms with Crippen LogP contribution in [0.25, 0.3) is 0 Å². The van der Waals surface area contributed by atoms with Crippen molar-refractivity contribution >= 4 is 11.9 Å². The number of unbranched alkanes of at least 4 members (excludes halogenated alkanes) is 14. The van der Waals surface area contributed by atoms with Crippen molar-refractivity contribution in [3.8, 4) is 0 Å². The van der Waals surface area contributed by atoms with Gasteiger partial charge in [0.05, 0.1) is 11.8 Å². The Morgan fingerprint density at radius 3 is 1.29 bits per heavy atom. The van der Waals surface area contributed by atoms with Crippen molar-refractivity contribution in [2.75, 3.05) is 0 Å². The predicted molar refractivity (Wildman–Crippen MR) is 131 cm³/mol. The molecule has 0 amide bonds. The van der Waals surface area contributed by atoms with Crippen molar-refractivity contribution in [3.05, 3.63) is 24.3 Å². The Kier molecular flexibility index (Phi) is 17.2. The first-order chi connectivity index (χ1) is 15.2. The third kappa shape index (κ3) is 13.6. The van der Waals surface area contributed by atoms with Crippen molar-refractivity contribution in [1.29, 1.82) is 0 Å². The van der Waals surface area contributed by atoms with Crippen molar-refractivity contribution in [1.82, 2.24) is 0 Å². The zero-order chi connectivity index (χ0) is 22.6. The van der Waals surface area contributed by atoms with Crippen LogP contribution >= 0.6 is 0 Å². The molecule has 0 bridgehead atoms. The summed E-state index contributed by atoms with van der Waals surface area (Å²) in [6, 6.07) is 0. The molecule has 1 fully saturated rings. The lowest BCUT2D eigenvalue weighted by Crippen LogP contribution is -2.16. The van der Waals surface area contributed by atoms with Gasteiger partial charge in [0.2, 0.25) is 0 Å². The molecule has 1 aliphatic heterocycles. The SMILES string of the molecule is CCCCCCCCCC=CCC1C(=O)OC(=O)C1CC=CCCCCCCCCC. The Morgan fingerprint density at radius 2 is 0.903 bits per heavy atom. The first-order valence-electron chi connectivity index (χ1n) is 13.3. The van der Waals surface area contributed by atoms with Crippen molar-refractivity contribution in [3.63, 3.8) is 0 Å². The average Bonchev–Trinajstić information content (AvgIpc) is 3.03. The molecule has 31 heavy (non-hydrogen) atoms. The van der Waals surface area contributed by atoms with Gasteiger partial charge < -0.3 is 4.74 Å². The summed E-state index contributed by atoms with van der Waals surface area (Å²) in [6.07, 6.45) is 30.2. The lowest BCUT2D eigenvalue weighted by molar-refractivity contribution is -0.153. The molecule has 2 unspecified atom stereocenters. The van der Waals surface area contributed by atoms with Crippen LogP contribution in [-0.4, -0.2) is 11.9 Å². The van der Waals surface area contributed by atoms with E-state index in [-0.39, 0.29) is 23.8 Å². The lowest BCUT2D eigenvalue weighted by Gasteiger charge is -2.09. The summed E-state index contributed by atoms with van der Waals surface area (Å²) < 4.78 is 4.93. The number of allylic oxidation sites excluding steroid dienone is 4. The summed E-state index contributed by atoms with van der Waals surface area (Å²) in [7, 11) is 0. The highest BCUT2D eigenvalue weighted by atomic mass is 16.6. The molecule has 178 valence electrons. The molecule has 0 spiro atoms. The van der Waals surface area contributed by atoms with Gasteiger partial charge in [0.1, 0.15) is 0 Å². The van der Waals surface area contributed by atoms with Gasteiger partial charge in [0.15, 0.2) is 0 Å². The molecule has 1 rings (SSSR count). The Balaban J connectivity index is 2.17. The van der Waals surface area contributed by atoms with Gasteiger partial charge in [-0.25, -0.2) is 0 Å². The molecular weight excluding hydrogens is 384 g/mol. The number of carbonyl (C=O) groups is 2. The third-order valence-electron chi connectivity index (χ3n) is 6.35. The zero-order valence-corrected chi connectivity index (χ0v) is 20.4. The van der Waals surface area contributed by atoms with Crippen LogP contribution in [0.4, 0.5) is 0 Å². The van der Waals surface area contributed by atoms with Crippen molar-refractivity contribution in [2.24, 2.45) is 11.8 Å². The maximum atomic E-state index is 12.1. The van der Waals surface area contributed by atoms with Crippen LogP contribution in [0, 0.1) is 11.8 Å². The van der Waals surface area contributed by atoms with Gasteiger partial charge in [-0.2, -0.15) is 0 Å². The van der Waals surface area contributed by atoms with Crippen LogP contribution in [-0.2, 0) is 14.3 Å². The number of hydrogen-bond donors (Lipinski definition) is 0. The van der Waals surface area contributed by atoms with Crippen molar-refractivity contribution in [2.45, 2.75) is 129 Å². The van der Waals surface area contributed by atoms with E-state index in [9.17, 15) is 9.59 Å². The molecule has 0 radical (unpaired) electrons. The Hall–Kier alpha value is -1.38. The standard InChI is InChI=1S/C28H48O3/c1-3-5-7-9-11-13-15-17-19-21-23-25-26(28(30)31-27(25)29)24-22-20-18-16-14-12-10-8-6-4-2/h19-22,25-26H,3-18,23-24H2,1-2H3. The monoisotopic (exact) mass is 432 g/mol. The normalized spacial score (nSPS) is 19.2. The van der Waals surface area contributed by atoms with E-state index >= 15 is 0 Å². The van der Waals surface area contributed by atoms with Crippen LogP contribution in [0.15, 0.2) is 24.3 Å². The van der Waals surface area contributed by atoms with Crippen LogP contribution in [0.2, 0.25) is 0 Å². The van der Waals surface area contributed by atoms with Gasteiger partial charge in [-0.05, 0) is 38.5 Å². The molecule has 1 heterocycles. The second-order valence-electron chi connectivity index (χ2n) is 9.19. The second-order valence-corrected chi connectivity index (χ2v) is 9.19. The molecule has 0 saturated carbocycles. The predicted octanol–water partition coefficient (Wildman–Crippen LogP) is 8.48. The van der Waals surface area contributed by atoms with Crippen molar-refractivity contribution < 1.29 is 14.3 Å². The number of carbonyl (C=O) groups excluding carboxylic acids is 2.